The predicted octanol–water partition coefficient (Wildman–Crippen LogP) is 4.11. The first-order valence-electron chi connectivity index (χ1n) is 12.5. The summed E-state index contributed by atoms with van der Waals surface area (Å²) < 4.78 is 34.6. The molecule has 0 aliphatic rings. The van der Waals surface area contributed by atoms with E-state index in [-0.39, 0.29) is 35.7 Å². The minimum atomic E-state index is -4.16. The topological polar surface area (TPSA) is 77.4 Å². The zero-order valence-electron chi connectivity index (χ0n) is 20.4. The number of aliphatic hydroxyl groups excluding tert-OH is 1. The zero-order chi connectivity index (χ0) is 21.8. The molecule has 0 aromatic carbocycles. The van der Waals surface area contributed by atoms with Gasteiger partial charge in [-0.3, -0.25) is 0 Å². The van der Waals surface area contributed by atoms with Gasteiger partial charge in [0.2, 0.25) is 0 Å². The van der Waals surface area contributed by atoms with E-state index < -0.39 is 15.4 Å². The molecule has 176 valence electrons. The zero-order valence-corrected chi connectivity index (χ0v) is 23.2. The molecule has 2 atom stereocenters. The van der Waals surface area contributed by atoms with Gasteiger partial charge in [-0.2, -0.15) is 0 Å². The number of unbranched alkanes of at least 4 members (excludes halogenated alkanes) is 14. The third-order valence-electron chi connectivity index (χ3n) is 6.07. The number of aliphatic hydroxyl groups is 1. The average Bonchev–Trinajstić information content (AvgIpc) is 2.68. The SMILES string of the molecule is CCCCCCCCCCC(CCCCCCCCCCC(O)CC)S(=O)(=O)[O-].[Na+]. The first-order chi connectivity index (χ1) is 13.9. The molecule has 0 rings (SSSR count). The van der Waals surface area contributed by atoms with E-state index in [0.717, 1.165) is 57.8 Å². The number of hydrogen-bond acceptors (Lipinski definition) is 4. The second-order valence-corrected chi connectivity index (χ2v) is 10.5. The van der Waals surface area contributed by atoms with Gasteiger partial charge in [-0.1, -0.05) is 117 Å². The molecule has 0 saturated carbocycles. The fourth-order valence-corrected chi connectivity index (χ4v) is 4.87. The summed E-state index contributed by atoms with van der Waals surface area (Å²) in [6.45, 7) is 4.23. The Morgan fingerprint density at radius 2 is 0.967 bits per heavy atom. The molecule has 0 fully saturated rings. The van der Waals surface area contributed by atoms with E-state index in [1.165, 1.54) is 57.8 Å². The molecule has 0 heterocycles. The first-order valence-corrected chi connectivity index (χ1v) is 14.0. The van der Waals surface area contributed by atoms with Crippen LogP contribution in [0.25, 0.3) is 0 Å². The smallest absolute Gasteiger partial charge is 0.748 e. The quantitative estimate of drug-likeness (QED) is 0.151. The van der Waals surface area contributed by atoms with Crippen LogP contribution < -0.4 is 29.6 Å². The minimum Gasteiger partial charge on any atom is -0.748 e. The van der Waals surface area contributed by atoms with Crippen LogP contribution in [-0.4, -0.2) is 29.4 Å². The van der Waals surface area contributed by atoms with Crippen molar-refractivity contribution < 1.29 is 47.6 Å². The normalized spacial score (nSPS) is 13.7. The molecule has 1 N–H and O–H groups in total. The molecule has 0 saturated heterocycles. The monoisotopic (exact) mass is 456 g/mol. The van der Waals surface area contributed by atoms with Crippen LogP contribution in [0.3, 0.4) is 0 Å². The van der Waals surface area contributed by atoms with Crippen LogP contribution in [0, 0.1) is 0 Å². The van der Waals surface area contributed by atoms with Crippen LogP contribution in [-0.2, 0) is 10.1 Å². The molecule has 0 aliphatic carbocycles. The van der Waals surface area contributed by atoms with Gasteiger partial charge < -0.3 is 9.66 Å². The molecule has 0 aliphatic heterocycles. The van der Waals surface area contributed by atoms with Gasteiger partial charge in [0.1, 0.15) is 0 Å². The maximum absolute atomic E-state index is 11.5. The summed E-state index contributed by atoms with van der Waals surface area (Å²) in [6, 6.07) is 0. The molecule has 0 aromatic heterocycles. The summed E-state index contributed by atoms with van der Waals surface area (Å²) in [5, 5.41) is 8.84. The van der Waals surface area contributed by atoms with E-state index in [0.29, 0.717) is 12.8 Å². The molecule has 0 bridgehead atoms. The standard InChI is InChI=1S/C24H50O4S.Na/c1-3-5-6-7-8-12-15-18-21-24(29(26,27)28)22-19-16-13-10-9-11-14-17-20-23(25)4-2;/h23-25H,3-22H2,1-2H3,(H,26,27,28);/q;+1/p-1. The predicted molar refractivity (Wildman–Crippen MR) is 123 cm³/mol. The second kappa shape index (κ2) is 23.0. The van der Waals surface area contributed by atoms with Crippen LogP contribution in [0.4, 0.5) is 0 Å². The second-order valence-electron chi connectivity index (χ2n) is 8.85. The van der Waals surface area contributed by atoms with Crippen molar-refractivity contribution in [2.45, 2.75) is 154 Å². The van der Waals surface area contributed by atoms with E-state index in [4.69, 9.17) is 0 Å². The summed E-state index contributed by atoms with van der Waals surface area (Å²) >= 11 is 0. The van der Waals surface area contributed by atoms with E-state index in [9.17, 15) is 18.1 Å². The van der Waals surface area contributed by atoms with Crippen molar-refractivity contribution in [1.29, 1.82) is 0 Å². The van der Waals surface area contributed by atoms with Gasteiger partial charge in [0.25, 0.3) is 0 Å². The van der Waals surface area contributed by atoms with E-state index in [1.807, 2.05) is 6.92 Å². The van der Waals surface area contributed by atoms with Gasteiger partial charge in [-0.25, -0.2) is 8.42 Å². The Labute approximate surface area is 210 Å². The average molecular weight is 457 g/mol. The summed E-state index contributed by atoms with van der Waals surface area (Å²) in [4.78, 5) is 0. The van der Waals surface area contributed by atoms with Crippen molar-refractivity contribution in [2.24, 2.45) is 0 Å². The molecule has 0 aromatic rings. The van der Waals surface area contributed by atoms with E-state index >= 15 is 0 Å². The van der Waals surface area contributed by atoms with Crippen molar-refractivity contribution >= 4 is 10.1 Å². The molecule has 4 nitrogen and oxygen atoms in total. The Bertz CT molecular complexity index is 442. The van der Waals surface area contributed by atoms with Crippen LogP contribution in [0.2, 0.25) is 0 Å². The maximum Gasteiger partial charge on any atom is 1.00 e. The van der Waals surface area contributed by atoms with Crippen molar-refractivity contribution in [3.63, 3.8) is 0 Å². The van der Waals surface area contributed by atoms with Crippen molar-refractivity contribution in [1.82, 2.24) is 0 Å². The number of hydrogen-bond donors (Lipinski definition) is 1. The van der Waals surface area contributed by atoms with E-state index in [1.54, 1.807) is 0 Å². The van der Waals surface area contributed by atoms with Gasteiger partial charge >= 0.3 is 29.6 Å². The van der Waals surface area contributed by atoms with Crippen LogP contribution in [0.5, 0.6) is 0 Å². The van der Waals surface area contributed by atoms with Crippen molar-refractivity contribution in [2.75, 3.05) is 0 Å². The molecule has 0 spiro atoms. The van der Waals surface area contributed by atoms with Gasteiger partial charge in [-0.15, -0.1) is 0 Å². The Morgan fingerprint density at radius 1 is 0.633 bits per heavy atom. The maximum atomic E-state index is 11.5. The Kier molecular flexibility index (Phi) is 25.4. The van der Waals surface area contributed by atoms with Crippen molar-refractivity contribution in [3.05, 3.63) is 0 Å². The molecular formula is C24H49NaO4S. The van der Waals surface area contributed by atoms with Gasteiger partial charge in [-0.05, 0) is 25.7 Å². The summed E-state index contributed by atoms with van der Waals surface area (Å²) in [5.74, 6) is 0. The summed E-state index contributed by atoms with van der Waals surface area (Å²) in [6.07, 6.45) is 21.1. The summed E-state index contributed by atoms with van der Waals surface area (Å²) in [5.41, 5.74) is 0. The summed E-state index contributed by atoms with van der Waals surface area (Å²) in [7, 11) is -4.16. The molecule has 0 amide bonds. The van der Waals surface area contributed by atoms with Gasteiger partial charge in [0, 0.05) is 5.25 Å². The molecule has 30 heavy (non-hydrogen) atoms. The molecule has 6 heteroatoms. The fourth-order valence-electron chi connectivity index (χ4n) is 3.96. The van der Waals surface area contributed by atoms with Crippen molar-refractivity contribution in [3.8, 4) is 0 Å². The fraction of sp³-hybridized carbons (Fsp3) is 1.00. The third kappa shape index (κ3) is 22.1. The van der Waals surface area contributed by atoms with Crippen LogP contribution >= 0.6 is 0 Å². The largest absolute Gasteiger partial charge is 1.00 e. The van der Waals surface area contributed by atoms with Crippen LogP contribution in [0.15, 0.2) is 0 Å². The van der Waals surface area contributed by atoms with Gasteiger partial charge in [0.15, 0.2) is 0 Å². The Morgan fingerprint density at radius 3 is 1.30 bits per heavy atom. The minimum absolute atomic E-state index is 0. The van der Waals surface area contributed by atoms with E-state index in [2.05, 4.69) is 6.92 Å². The van der Waals surface area contributed by atoms with Crippen LogP contribution in [0.1, 0.15) is 142 Å². The third-order valence-corrected chi connectivity index (χ3v) is 7.36. The Balaban J connectivity index is 0. The number of rotatable bonds is 22. The Hall–Kier alpha value is 0.870. The molecular weight excluding hydrogens is 407 g/mol. The molecule has 2 unspecified atom stereocenters. The molecule has 0 radical (unpaired) electrons. The first kappa shape index (κ1) is 33.0. The van der Waals surface area contributed by atoms with Gasteiger partial charge in [0.05, 0.1) is 16.2 Å².